The average molecular weight is 645 g/mol. The summed E-state index contributed by atoms with van der Waals surface area (Å²) in [6, 6.07) is 13.6. The van der Waals surface area contributed by atoms with Crippen LogP contribution in [0.1, 0.15) is 51.7 Å². The number of carbonyl (C=O) groups is 6. The third-order valence-electron chi connectivity index (χ3n) is 7.81. The zero-order valence-corrected chi connectivity index (χ0v) is 27.2. The van der Waals surface area contributed by atoms with E-state index in [2.05, 4.69) is 26.3 Å². The molecule has 250 valence electrons. The normalized spacial score (nSPS) is 13.6. The summed E-state index contributed by atoms with van der Waals surface area (Å²) in [5, 5.41) is 12.2. The molecule has 12 heteroatoms. The molecule has 0 radical (unpaired) electrons. The van der Waals surface area contributed by atoms with Crippen LogP contribution < -0.4 is 27.0 Å². The first-order valence-electron chi connectivity index (χ1n) is 15.7. The molecule has 12 nitrogen and oxygen atoms in total. The Kier molecular flexibility index (Phi) is 13.6. The van der Waals surface area contributed by atoms with Gasteiger partial charge in [-0.25, -0.2) is 0 Å². The summed E-state index contributed by atoms with van der Waals surface area (Å²) >= 11 is 0. The highest BCUT2D eigenvalue weighted by molar-refractivity contribution is 6.38. The van der Waals surface area contributed by atoms with Crippen LogP contribution in [0.3, 0.4) is 0 Å². The van der Waals surface area contributed by atoms with Gasteiger partial charge in [0.25, 0.3) is 5.91 Å². The van der Waals surface area contributed by atoms with E-state index in [9.17, 15) is 28.8 Å². The molecule has 0 saturated heterocycles. The minimum Gasteiger partial charge on any atom is -0.368 e. The van der Waals surface area contributed by atoms with Crippen molar-refractivity contribution < 1.29 is 28.8 Å². The number of fused-ring (bicyclic) bond motifs is 1. The maximum absolute atomic E-state index is 13.4. The van der Waals surface area contributed by atoms with Crippen molar-refractivity contribution in [3.8, 4) is 0 Å². The van der Waals surface area contributed by atoms with Crippen molar-refractivity contribution in [2.24, 2.45) is 17.6 Å². The fourth-order valence-electron chi connectivity index (χ4n) is 5.05. The number of amides is 5. The second-order valence-electron chi connectivity index (χ2n) is 12.1. The van der Waals surface area contributed by atoms with Crippen LogP contribution in [-0.4, -0.2) is 65.0 Å². The number of carbonyl (C=O) groups excluding carboxylic acids is 6. The molecule has 2 aromatic carbocycles. The van der Waals surface area contributed by atoms with Crippen molar-refractivity contribution in [1.29, 1.82) is 0 Å². The molecule has 47 heavy (non-hydrogen) atoms. The van der Waals surface area contributed by atoms with E-state index in [1.54, 1.807) is 31.5 Å². The molecule has 0 aliphatic rings. The monoisotopic (exact) mass is 644 g/mol. The number of nitrogens with two attached hydrogens (primary N) is 1. The summed E-state index contributed by atoms with van der Waals surface area (Å²) in [5.41, 5.74) is 7.00. The standard InChI is InChI=1S/C35H44N6O6/c1-5-22(4)31(41-34(46)28(15-21(2)3)40-29(42)18-24-9-8-14-37-19-24)32(44)35(47)38-20-30(43)39-27(33(36)45)17-23-12-13-25-10-6-7-11-26(25)16-23/h6-14,16,19,21-22,27-28,31H,5,15,17-18,20H2,1-4H3,(H2,36,45)(H,38,47)(H,39,43)(H,40,42)(H,41,46). The Morgan fingerprint density at radius 2 is 1.51 bits per heavy atom. The second-order valence-corrected chi connectivity index (χ2v) is 12.1. The number of nitrogens with zero attached hydrogens (tertiary/aromatic N) is 1. The van der Waals surface area contributed by atoms with Gasteiger partial charge in [-0.3, -0.25) is 33.8 Å². The van der Waals surface area contributed by atoms with Gasteiger partial charge < -0.3 is 27.0 Å². The van der Waals surface area contributed by atoms with Crippen LogP contribution in [0.2, 0.25) is 0 Å². The molecule has 0 spiro atoms. The molecule has 6 N–H and O–H groups in total. The van der Waals surface area contributed by atoms with Gasteiger partial charge in [0.1, 0.15) is 12.1 Å². The van der Waals surface area contributed by atoms with Gasteiger partial charge in [0.2, 0.25) is 29.4 Å². The smallest absolute Gasteiger partial charge is 0.290 e. The lowest BCUT2D eigenvalue weighted by Crippen LogP contribution is -2.57. The number of nitrogens with one attached hydrogen (secondary N) is 4. The highest BCUT2D eigenvalue weighted by Gasteiger charge is 2.33. The highest BCUT2D eigenvalue weighted by Crippen LogP contribution is 2.17. The summed E-state index contributed by atoms with van der Waals surface area (Å²) in [5.74, 6) is -4.85. The Morgan fingerprint density at radius 3 is 2.15 bits per heavy atom. The zero-order valence-electron chi connectivity index (χ0n) is 27.2. The second kappa shape index (κ2) is 17.5. The molecule has 0 fully saturated rings. The molecule has 0 aliphatic carbocycles. The lowest BCUT2D eigenvalue weighted by Gasteiger charge is -2.26. The SMILES string of the molecule is CCC(C)C(NC(=O)C(CC(C)C)NC(=O)Cc1cccnc1)C(=O)C(=O)NCC(=O)NC(Cc1ccc2ccccc2c1)C(N)=O. The Hall–Kier alpha value is -5.13. The van der Waals surface area contributed by atoms with Crippen LogP contribution in [0.25, 0.3) is 10.8 Å². The van der Waals surface area contributed by atoms with Crippen LogP contribution in [0, 0.1) is 11.8 Å². The van der Waals surface area contributed by atoms with E-state index in [1.165, 1.54) is 0 Å². The number of Topliss-reactive ketones (excluding diaryl/α,β-unsaturated/α-hetero) is 1. The van der Waals surface area contributed by atoms with E-state index >= 15 is 0 Å². The lowest BCUT2D eigenvalue weighted by atomic mass is 9.93. The summed E-state index contributed by atoms with van der Waals surface area (Å²) in [6.07, 6.45) is 4.08. The van der Waals surface area contributed by atoms with Gasteiger partial charge in [0.05, 0.1) is 19.0 Å². The van der Waals surface area contributed by atoms with Crippen LogP contribution in [0.5, 0.6) is 0 Å². The molecular weight excluding hydrogens is 600 g/mol. The van der Waals surface area contributed by atoms with E-state index in [0.717, 1.165) is 16.3 Å². The Balaban J connectivity index is 1.60. The fourth-order valence-corrected chi connectivity index (χ4v) is 5.05. The van der Waals surface area contributed by atoms with E-state index in [-0.39, 0.29) is 24.7 Å². The maximum Gasteiger partial charge on any atom is 0.290 e. The number of pyridine rings is 1. The highest BCUT2D eigenvalue weighted by atomic mass is 16.2. The van der Waals surface area contributed by atoms with Crippen LogP contribution in [-0.2, 0) is 41.6 Å². The third-order valence-corrected chi connectivity index (χ3v) is 7.81. The van der Waals surface area contributed by atoms with E-state index < -0.39 is 60.0 Å². The molecule has 4 unspecified atom stereocenters. The lowest BCUT2D eigenvalue weighted by molar-refractivity contribution is -0.142. The summed E-state index contributed by atoms with van der Waals surface area (Å²) in [6.45, 7) is 6.73. The Bertz CT molecular complexity index is 1580. The van der Waals surface area contributed by atoms with Gasteiger partial charge in [-0.05, 0) is 46.2 Å². The average Bonchev–Trinajstić information content (AvgIpc) is 3.04. The van der Waals surface area contributed by atoms with Gasteiger partial charge in [-0.15, -0.1) is 0 Å². The largest absolute Gasteiger partial charge is 0.368 e. The van der Waals surface area contributed by atoms with Crippen molar-refractivity contribution in [3.63, 3.8) is 0 Å². The van der Waals surface area contributed by atoms with Gasteiger partial charge in [0, 0.05) is 18.8 Å². The zero-order chi connectivity index (χ0) is 34.5. The van der Waals surface area contributed by atoms with Crippen molar-refractivity contribution in [3.05, 3.63) is 78.1 Å². The topological polar surface area (TPSA) is 189 Å². The molecule has 5 amide bonds. The van der Waals surface area contributed by atoms with Crippen molar-refractivity contribution in [2.45, 2.75) is 71.5 Å². The van der Waals surface area contributed by atoms with E-state index in [1.807, 2.05) is 63.2 Å². The molecule has 3 rings (SSSR count). The predicted molar refractivity (Wildman–Crippen MR) is 178 cm³/mol. The number of hydrogen-bond donors (Lipinski definition) is 5. The van der Waals surface area contributed by atoms with Crippen LogP contribution in [0.15, 0.2) is 67.0 Å². The van der Waals surface area contributed by atoms with Gasteiger partial charge in [0.15, 0.2) is 0 Å². The van der Waals surface area contributed by atoms with Crippen LogP contribution in [0.4, 0.5) is 0 Å². The first kappa shape index (κ1) is 36.3. The summed E-state index contributed by atoms with van der Waals surface area (Å²) in [7, 11) is 0. The number of aromatic nitrogens is 1. The van der Waals surface area contributed by atoms with Crippen LogP contribution >= 0.6 is 0 Å². The minimum absolute atomic E-state index is 0.0206. The van der Waals surface area contributed by atoms with E-state index in [4.69, 9.17) is 5.73 Å². The molecule has 0 aliphatic heterocycles. The molecular formula is C35H44N6O6. The Morgan fingerprint density at radius 1 is 0.809 bits per heavy atom. The van der Waals surface area contributed by atoms with Crippen molar-refractivity contribution in [1.82, 2.24) is 26.3 Å². The number of ketones is 1. The molecule has 0 bridgehead atoms. The molecule has 4 atom stereocenters. The number of primary amides is 1. The van der Waals surface area contributed by atoms with E-state index in [0.29, 0.717) is 18.4 Å². The van der Waals surface area contributed by atoms with Gasteiger partial charge in [-0.2, -0.15) is 0 Å². The molecule has 1 aromatic heterocycles. The first-order valence-corrected chi connectivity index (χ1v) is 15.7. The fraction of sp³-hybridized carbons (Fsp3) is 0.400. The Labute approximate surface area is 274 Å². The van der Waals surface area contributed by atoms with Gasteiger partial charge >= 0.3 is 0 Å². The van der Waals surface area contributed by atoms with Crippen molar-refractivity contribution >= 4 is 46.1 Å². The predicted octanol–water partition coefficient (Wildman–Crippen LogP) is 1.74. The molecule has 0 saturated carbocycles. The minimum atomic E-state index is -1.20. The number of hydrogen-bond acceptors (Lipinski definition) is 7. The maximum atomic E-state index is 13.4. The first-order chi connectivity index (χ1) is 22.4. The summed E-state index contributed by atoms with van der Waals surface area (Å²) < 4.78 is 0. The van der Waals surface area contributed by atoms with Crippen molar-refractivity contribution in [2.75, 3.05) is 6.54 Å². The summed E-state index contributed by atoms with van der Waals surface area (Å²) in [4.78, 5) is 81.1. The molecule has 1 heterocycles. The number of benzene rings is 2. The third kappa shape index (κ3) is 11.3. The number of rotatable bonds is 17. The van der Waals surface area contributed by atoms with Gasteiger partial charge in [-0.1, -0.05) is 82.6 Å². The molecule has 3 aromatic rings. The quantitative estimate of drug-likeness (QED) is 0.138.